The number of thioether (sulfide) groups is 1. The van der Waals surface area contributed by atoms with E-state index in [1.165, 1.54) is 11.8 Å². The molecule has 7 heteroatoms. The van der Waals surface area contributed by atoms with E-state index in [4.69, 9.17) is 23.2 Å². The van der Waals surface area contributed by atoms with Gasteiger partial charge in [0.05, 0.1) is 10.6 Å². The fourth-order valence-electron chi connectivity index (χ4n) is 3.70. The summed E-state index contributed by atoms with van der Waals surface area (Å²) < 4.78 is 2.19. The van der Waals surface area contributed by atoms with Crippen molar-refractivity contribution < 1.29 is 4.79 Å². The number of nitrogens with zero attached hydrogens (tertiary/aromatic N) is 2. The second-order valence-electron chi connectivity index (χ2n) is 7.77. The average molecular weight is 492 g/mol. The van der Waals surface area contributed by atoms with Crippen LogP contribution in [0.15, 0.2) is 82.8 Å². The SMILES string of the molecule is Cc1ccc(N=C2NC(=O)/C(=C/c3cn(Cc4ccc(Cl)cc4)c4ccccc34)S2)cc1Cl. The molecule has 5 rings (SSSR count). The summed E-state index contributed by atoms with van der Waals surface area (Å²) in [6.45, 7) is 2.65. The van der Waals surface area contributed by atoms with E-state index in [-0.39, 0.29) is 5.91 Å². The molecule has 0 bridgehead atoms. The van der Waals surface area contributed by atoms with Crippen molar-refractivity contribution in [2.24, 2.45) is 4.99 Å². The minimum Gasteiger partial charge on any atom is -0.342 e. The number of hydrogen-bond donors (Lipinski definition) is 1. The van der Waals surface area contributed by atoms with Crippen LogP contribution >= 0.6 is 35.0 Å². The lowest BCUT2D eigenvalue weighted by Gasteiger charge is -2.05. The summed E-state index contributed by atoms with van der Waals surface area (Å²) in [5, 5.41) is 5.84. The van der Waals surface area contributed by atoms with E-state index in [2.05, 4.69) is 33.2 Å². The van der Waals surface area contributed by atoms with Crippen LogP contribution in [0, 0.1) is 6.92 Å². The smallest absolute Gasteiger partial charge is 0.264 e. The largest absolute Gasteiger partial charge is 0.342 e. The molecule has 0 aliphatic carbocycles. The minimum absolute atomic E-state index is 0.161. The fraction of sp³-hybridized carbons (Fsp3) is 0.0769. The topological polar surface area (TPSA) is 46.4 Å². The van der Waals surface area contributed by atoms with Gasteiger partial charge in [-0.05, 0) is 66.2 Å². The molecule has 3 aromatic carbocycles. The van der Waals surface area contributed by atoms with Crippen molar-refractivity contribution >= 4 is 68.7 Å². The third-order valence-corrected chi connectivity index (χ3v) is 6.98. The molecular formula is C26H19Cl2N3OS. The second-order valence-corrected chi connectivity index (χ2v) is 9.65. The number of hydrogen-bond acceptors (Lipinski definition) is 3. The average Bonchev–Trinajstić information content (AvgIpc) is 3.32. The van der Waals surface area contributed by atoms with Crippen LogP contribution in [0.5, 0.6) is 0 Å². The first-order chi connectivity index (χ1) is 16.0. The molecule has 164 valence electrons. The van der Waals surface area contributed by atoms with Gasteiger partial charge in [-0.2, -0.15) is 0 Å². The van der Waals surface area contributed by atoms with Crippen LogP contribution in [0.1, 0.15) is 16.7 Å². The quantitative estimate of drug-likeness (QED) is 0.307. The lowest BCUT2D eigenvalue weighted by Crippen LogP contribution is -2.19. The highest BCUT2D eigenvalue weighted by Crippen LogP contribution is 2.32. The van der Waals surface area contributed by atoms with E-state index in [1.54, 1.807) is 6.07 Å². The molecule has 1 aromatic heterocycles. The molecule has 0 atom stereocenters. The first-order valence-corrected chi connectivity index (χ1v) is 11.9. The molecule has 1 N–H and O–H groups in total. The molecular weight excluding hydrogens is 473 g/mol. The highest BCUT2D eigenvalue weighted by Gasteiger charge is 2.24. The van der Waals surface area contributed by atoms with Crippen LogP contribution in [-0.4, -0.2) is 15.6 Å². The zero-order valence-electron chi connectivity index (χ0n) is 17.7. The highest BCUT2D eigenvalue weighted by molar-refractivity contribution is 8.18. The normalized spacial score (nSPS) is 16.2. The maximum atomic E-state index is 12.6. The number of aliphatic imine (C=N–C) groups is 1. The van der Waals surface area contributed by atoms with Crippen LogP contribution < -0.4 is 5.32 Å². The zero-order chi connectivity index (χ0) is 22.9. The van der Waals surface area contributed by atoms with Crippen LogP contribution in [0.4, 0.5) is 5.69 Å². The number of amidine groups is 1. The Hall–Kier alpha value is -2.99. The van der Waals surface area contributed by atoms with Gasteiger partial charge < -0.3 is 9.88 Å². The monoisotopic (exact) mass is 491 g/mol. The van der Waals surface area contributed by atoms with E-state index in [1.807, 2.05) is 61.5 Å². The third kappa shape index (κ3) is 4.71. The van der Waals surface area contributed by atoms with Crippen molar-refractivity contribution in [3.63, 3.8) is 0 Å². The Kier molecular flexibility index (Phi) is 6.02. The van der Waals surface area contributed by atoms with Crippen LogP contribution in [0.3, 0.4) is 0 Å². The summed E-state index contributed by atoms with van der Waals surface area (Å²) in [5.74, 6) is -0.161. The molecule has 0 saturated carbocycles. The van der Waals surface area contributed by atoms with Crippen molar-refractivity contribution in [2.75, 3.05) is 0 Å². The van der Waals surface area contributed by atoms with Gasteiger partial charge in [-0.15, -0.1) is 0 Å². The Labute approximate surface area is 205 Å². The first kappa shape index (κ1) is 21.8. The summed E-state index contributed by atoms with van der Waals surface area (Å²) >= 11 is 13.6. The van der Waals surface area contributed by atoms with Gasteiger partial charge in [0.25, 0.3) is 5.91 Å². The molecule has 1 aliphatic rings. The molecule has 2 heterocycles. The zero-order valence-corrected chi connectivity index (χ0v) is 20.0. The lowest BCUT2D eigenvalue weighted by molar-refractivity contribution is -0.115. The Bertz CT molecular complexity index is 1440. The Morgan fingerprint density at radius 2 is 1.85 bits per heavy atom. The van der Waals surface area contributed by atoms with Gasteiger partial charge in [-0.3, -0.25) is 4.79 Å². The number of fused-ring (bicyclic) bond motifs is 1. The predicted molar refractivity (Wildman–Crippen MR) is 139 cm³/mol. The summed E-state index contributed by atoms with van der Waals surface area (Å²) in [7, 11) is 0. The number of aromatic nitrogens is 1. The molecule has 0 unspecified atom stereocenters. The van der Waals surface area contributed by atoms with Crippen LogP contribution in [0.25, 0.3) is 17.0 Å². The van der Waals surface area contributed by atoms with Crippen LogP contribution in [-0.2, 0) is 11.3 Å². The lowest BCUT2D eigenvalue weighted by atomic mass is 10.1. The number of benzene rings is 3. The first-order valence-electron chi connectivity index (χ1n) is 10.3. The van der Waals surface area contributed by atoms with Crippen molar-refractivity contribution in [3.8, 4) is 0 Å². The predicted octanol–water partition coefficient (Wildman–Crippen LogP) is 7.20. The number of halogens is 2. The maximum absolute atomic E-state index is 12.6. The van der Waals surface area contributed by atoms with Gasteiger partial charge in [0, 0.05) is 39.3 Å². The highest BCUT2D eigenvalue weighted by atomic mass is 35.5. The Morgan fingerprint density at radius 1 is 1.06 bits per heavy atom. The van der Waals surface area contributed by atoms with Crippen molar-refractivity contribution in [1.29, 1.82) is 0 Å². The molecule has 4 nitrogen and oxygen atoms in total. The summed E-state index contributed by atoms with van der Waals surface area (Å²) in [5.41, 5.74) is 4.93. The van der Waals surface area contributed by atoms with Gasteiger partial charge in [-0.25, -0.2) is 4.99 Å². The molecule has 0 radical (unpaired) electrons. The molecule has 1 saturated heterocycles. The number of amides is 1. The van der Waals surface area contributed by atoms with E-state index in [9.17, 15) is 4.79 Å². The van der Waals surface area contributed by atoms with Gasteiger partial charge in [0.1, 0.15) is 0 Å². The van der Waals surface area contributed by atoms with Gasteiger partial charge in [0.15, 0.2) is 5.17 Å². The molecule has 1 amide bonds. The summed E-state index contributed by atoms with van der Waals surface area (Å²) in [6, 6.07) is 21.6. The number of carbonyl (C=O) groups is 1. The van der Waals surface area contributed by atoms with E-state index >= 15 is 0 Å². The second kappa shape index (κ2) is 9.10. The number of para-hydroxylation sites is 1. The minimum atomic E-state index is -0.161. The van der Waals surface area contributed by atoms with E-state index in [0.29, 0.717) is 27.3 Å². The molecule has 0 spiro atoms. The van der Waals surface area contributed by atoms with Gasteiger partial charge in [0.2, 0.25) is 0 Å². The summed E-state index contributed by atoms with van der Waals surface area (Å²) in [6.07, 6.45) is 4.00. The molecule has 4 aromatic rings. The molecule has 33 heavy (non-hydrogen) atoms. The number of aryl methyl sites for hydroxylation is 1. The van der Waals surface area contributed by atoms with Crippen molar-refractivity contribution in [3.05, 3.63) is 105 Å². The van der Waals surface area contributed by atoms with Gasteiger partial charge >= 0.3 is 0 Å². The molecule has 1 aliphatic heterocycles. The van der Waals surface area contributed by atoms with Crippen molar-refractivity contribution in [1.82, 2.24) is 9.88 Å². The molecule has 1 fully saturated rings. The fourth-order valence-corrected chi connectivity index (χ4v) is 4.83. The maximum Gasteiger partial charge on any atom is 0.264 e. The number of carbonyl (C=O) groups excluding carboxylic acids is 1. The Balaban J connectivity index is 1.46. The van der Waals surface area contributed by atoms with Gasteiger partial charge in [-0.1, -0.05) is 59.6 Å². The Morgan fingerprint density at radius 3 is 2.64 bits per heavy atom. The third-order valence-electron chi connectivity index (χ3n) is 5.41. The van der Waals surface area contributed by atoms with E-state index < -0.39 is 0 Å². The van der Waals surface area contributed by atoms with Crippen LogP contribution in [0.2, 0.25) is 10.0 Å². The standard InChI is InChI=1S/C26H19Cl2N3OS/c1-16-6-11-20(13-22(16)28)29-26-30-25(32)24(33-26)12-18-15-31(23-5-3-2-4-21(18)23)14-17-7-9-19(27)10-8-17/h2-13,15H,14H2,1H3,(H,29,30,32)/b24-12-. The summed E-state index contributed by atoms with van der Waals surface area (Å²) in [4.78, 5) is 17.8. The number of rotatable bonds is 4. The van der Waals surface area contributed by atoms with Crippen molar-refractivity contribution in [2.45, 2.75) is 13.5 Å². The van der Waals surface area contributed by atoms with E-state index in [0.717, 1.165) is 32.6 Å². The number of nitrogens with one attached hydrogen (secondary N) is 1.